The predicted molar refractivity (Wildman–Crippen MR) is 111 cm³/mol. The predicted octanol–water partition coefficient (Wildman–Crippen LogP) is 4.58. The quantitative estimate of drug-likeness (QED) is 0.420. The number of anilines is 2. The molecule has 2 aromatic heterocycles. The van der Waals surface area contributed by atoms with Crippen molar-refractivity contribution in [3.05, 3.63) is 66.9 Å². The van der Waals surface area contributed by atoms with Crippen molar-refractivity contribution in [1.29, 1.82) is 0 Å². The van der Waals surface area contributed by atoms with Gasteiger partial charge < -0.3 is 21.0 Å². The highest BCUT2D eigenvalue weighted by Crippen LogP contribution is 2.40. The molecule has 0 saturated heterocycles. The Hall–Kier alpha value is -4.06. The average Bonchev–Trinajstić information content (AvgIpc) is 3.14. The number of rotatable bonds is 2. The Morgan fingerprint density at radius 1 is 0.714 bits per heavy atom. The SMILES string of the molecule is Nc1nc(-c2coc3ccccc23)c(N)c(-c2ccc(O)c3ccccc23)n1. The summed E-state index contributed by atoms with van der Waals surface area (Å²) in [7, 11) is 0. The Bertz CT molecular complexity index is 1360. The molecule has 3 aromatic carbocycles. The van der Waals surface area contributed by atoms with Crippen molar-refractivity contribution in [1.82, 2.24) is 9.97 Å². The van der Waals surface area contributed by atoms with E-state index < -0.39 is 0 Å². The minimum absolute atomic E-state index is 0.113. The Balaban J connectivity index is 1.81. The monoisotopic (exact) mass is 368 g/mol. The number of hydrogen-bond acceptors (Lipinski definition) is 6. The summed E-state index contributed by atoms with van der Waals surface area (Å²) in [5.74, 6) is 0.308. The molecule has 6 heteroatoms. The second-order valence-electron chi connectivity index (χ2n) is 6.52. The molecule has 0 radical (unpaired) electrons. The first-order chi connectivity index (χ1) is 13.6. The Morgan fingerprint density at radius 3 is 2.14 bits per heavy atom. The molecule has 0 atom stereocenters. The second kappa shape index (κ2) is 5.99. The first kappa shape index (κ1) is 16.1. The summed E-state index contributed by atoms with van der Waals surface area (Å²) in [6.45, 7) is 0. The molecule has 0 bridgehead atoms. The van der Waals surface area contributed by atoms with Gasteiger partial charge in [-0.05, 0) is 23.6 Å². The van der Waals surface area contributed by atoms with Crippen LogP contribution in [-0.2, 0) is 0 Å². The second-order valence-corrected chi connectivity index (χ2v) is 6.52. The summed E-state index contributed by atoms with van der Waals surface area (Å²) in [6, 6.07) is 18.6. The third-order valence-corrected chi connectivity index (χ3v) is 4.86. The van der Waals surface area contributed by atoms with Gasteiger partial charge in [-0.25, -0.2) is 9.97 Å². The van der Waals surface area contributed by atoms with E-state index in [4.69, 9.17) is 15.9 Å². The molecule has 0 saturated carbocycles. The van der Waals surface area contributed by atoms with Gasteiger partial charge in [0.15, 0.2) is 0 Å². The van der Waals surface area contributed by atoms with E-state index in [1.807, 2.05) is 48.5 Å². The zero-order chi connectivity index (χ0) is 19.3. The van der Waals surface area contributed by atoms with Gasteiger partial charge in [0, 0.05) is 21.9 Å². The highest BCUT2D eigenvalue weighted by atomic mass is 16.3. The van der Waals surface area contributed by atoms with E-state index in [9.17, 15) is 5.11 Å². The summed E-state index contributed by atoms with van der Waals surface area (Å²) in [5.41, 5.74) is 16.2. The summed E-state index contributed by atoms with van der Waals surface area (Å²) < 4.78 is 5.64. The number of nitrogens with zero attached hydrogens (tertiary/aromatic N) is 2. The van der Waals surface area contributed by atoms with E-state index in [0.717, 1.165) is 27.5 Å². The lowest BCUT2D eigenvalue weighted by Gasteiger charge is -2.13. The third kappa shape index (κ3) is 2.35. The maximum absolute atomic E-state index is 10.2. The van der Waals surface area contributed by atoms with Crippen LogP contribution in [0.25, 0.3) is 44.3 Å². The summed E-state index contributed by atoms with van der Waals surface area (Å²) in [6.07, 6.45) is 1.63. The number of aromatic hydroxyl groups is 1. The molecule has 0 fully saturated rings. The molecular formula is C22H16N4O2. The van der Waals surface area contributed by atoms with E-state index in [2.05, 4.69) is 9.97 Å². The lowest BCUT2D eigenvalue weighted by Crippen LogP contribution is -2.04. The van der Waals surface area contributed by atoms with Gasteiger partial charge in [-0.1, -0.05) is 42.5 Å². The molecule has 2 heterocycles. The number of nitrogen functional groups attached to an aromatic ring is 2. The molecule has 6 nitrogen and oxygen atoms in total. The zero-order valence-corrected chi connectivity index (χ0v) is 14.8. The first-order valence-electron chi connectivity index (χ1n) is 8.74. The molecule has 0 amide bonds. The Labute approximate surface area is 160 Å². The van der Waals surface area contributed by atoms with Gasteiger partial charge in [-0.3, -0.25) is 0 Å². The summed E-state index contributed by atoms with van der Waals surface area (Å²) >= 11 is 0. The normalized spacial score (nSPS) is 11.3. The van der Waals surface area contributed by atoms with Crippen LogP contribution in [0.4, 0.5) is 11.6 Å². The molecule has 5 aromatic rings. The van der Waals surface area contributed by atoms with Crippen LogP contribution in [0.1, 0.15) is 0 Å². The summed E-state index contributed by atoms with van der Waals surface area (Å²) in [4.78, 5) is 8.78. The molecule has 0 unspecified atom stereocenters. The number of benzene rings is 3. The maximum atomic E-state index is 10.2. The van der Waals surface area contributed by atoms with Crippen molar-refractivity contribution in [3.63, 3.8) is 0 Å². The van der Waals surface area contributed by atoms with Gasteiger partial charge in [-0.15, -0.1) is 0 Å². The number of phenolic OH excluding ortho intramolecular Hbond substituents is 1. The van der Waals surface area contributed by atoms with Crippen molar-refractivity contribution < 1.29 is 9.52 Å². The van der Waals surface area contributed by atoms with Crippen molar-refractivity contribution in [3.8, 4) is 28.3 Å². The largest absolute Gasteiger partial charge is 0.507 e. The number of fused-ring (bicyclic) bond motifs is 2. The standard InChI is InChI=1S/C22H16N4O2/c23-19-20(15-9-10-17(27)13-6-2-1-5-12(13)15)25-22(24)26-21(19)16-11-28-18-8-4-3-7-14(16)18/h1-11,27H,23H2,(H2,24,25,26). The minimum Gasteiger partial charge on any atom is -0.507 e. The van der Waals surface area contributed by atoms with Crippen LogP contribution in [0.5, 0.6) is 5.75 Å². The van der Waals surface area contributed by atoms with Gasteiger partial charge in [0.2, 0.25) is 5.95 Å². The number of furan rings is 1. The fraction of sp³-hybridized carbons (Fsp3) is 0. The topological polar surface area (TPSA) is 111 Å². The van der Waals surface area contributed by atoms with E-state index in [1.54, 1.807) is 18.4 Å². The zero-order valence-electron chi connectivity index (χ0n) is 14.8. The number of hydrogen-bond donors (Lipinski definition) is 3. The Morgan fingerprint density at radius 2 is 1.36 bits per heavy atom. The van der Waals surface area contributed by atoms with Crippen LogP contribution >= 0.6 is 0 Å². The van der Waals surface area contributed by atoms with Gasteiger partial charge in [0.1, 0.15) is 29.0 Å². The maximum Gasteiger partial charge on any atom is 0.221 e. The van der Waals surface area contributed by atoms with Crippen LogP contribution in [0.15, 0.2) is 71.3 Å². The van der Waals surface area contributed by atoms with Crippen LogP contribution in [0, 0.1) is 0 Å². The molecule has 0 aliphatic carbocycles. The highest BCUT2D eigenvalue weighted by Gasteiger charge is 2.19. The third-order valence-electron chi connectivity index (χ3n) is 4.86. The minimum atomic E-state index is 0.113. The van der Waals surface area contributed by atoms with E-state index in [1.165, 1.54) is 0 Å². The molecule has 5 rings (SSSR count). The van der Waals surface area contributed by atoms with Crippen molar-refractivity contribution in [2.75, 3.05) is 11.5 Å². The van der Waals surface area contributed by atoms with Crippen LogP contribution in [0.2, 0.25) is 0 Å². The fourth-order valence-corrected chi connectivity index (χ4v) is 3.55. The number of nitrogens with two attached hydrogens (primary N) is 2. The van der Waals surface area contributed by atoms with Gasteiger partial charge >= 0.3 is 0 Å². The van der Waals surface area contributed by atoms with Gasteiger partial charge in [0.25, 0.3) is 0 Å². The molecule has 28 heavy (non-hydrogen) atoms. The number of phenols is 1. The van der Waals surface area contributed by atoms with Crippen molar-refractivity contribution in [2.24, 2.45) is 0 Å². The molecule has 5 N–H and O–H groups in total. The molecular weight excluding hydrogens is 352 g/mol. The molecule has 136 valence electrons. The van der Waals surface area contributed by atoms with Crippen LogP contribution < -0.4 is 11.5 Å². The fourth-order valence-electron chi connectivity index (χ4n) is 3.55. The lowest BCUT2D eigenvalue weighted by atomic mass is 9.98. The highest BCUT2D eigenvalue weighted by molar-refractivity contribution is 6.04. The van der Waals surface area contributed by atoms with Crippen LogP contribution in [0.3, 0.4) is 0 Å². The molecule has 0 spiro atoms. The van der Waals surface area contributed by atoms with Crippen molar-refractivity contribution in [2.45, 2.75) is 0 Å². The summed E-state index contributed by atoms with van der Waals surface area (Å²) in [5, 5.41) is 12.6. The molecule has 0 aliphatic rings. The van der Waals surface area contributed by atoms with Gasteiger partial charge in [0.05, 0.1) is 5.69 Å². The molecule has 0 aliphatic heterocycles. The Kier molecular flexibility index (Phi) is 3.45. The first-order valence-corrected chi connectivity index (χ1v) is 8.74. The lowest BCUT2D eigenvalue weighted by molar-refractivity contribution is 0.481. The smallest absolute Gasteiger partial charge is 0.221 e. The van der Waals surface area contributed by atoms with Crippen LogP contribution in [-0.4, -0.2) is 15.1 Å². The number of aromatic nitrogens is 2. The average molecular weight is 368 g/mol. The van der Waals surface area contributed by atoms with E-state index >= 15 is 0 Å². The number of para-hydroxylation sites is 1. The van der Waals surface area contributed by atoms with E-state index in [-0.39, 0.29) is 11.7 Å². The van der Waals surface area contributed by atoms with E-state index in [0.29, 0.717) is 22.5 Å². The van der Waals surface area contributed by atoms with Gasteiger partial charge in [-0.2, -0.15) is 0 Å². The van der Waals surface area contributed by atoms with Crippen molar-refractivity contribution >= 4 is 33.4 Å².